The first kappa shape index (κ1) is 41.2. The molecule has 0 aliphatic rings. The number of hydrogen-bond acceptors (Lipinski definition) is 10. The van der Waals surface area contributed by atoms with Crippen molar-refractivity contribution in [2.24, 2.45) is 5.73 Å². The van der Waals surface area contributed by atoms with Crippen LogP contribution in [0.15, 0.2) is 48.5 Å². The Morgan fingerprint density at radius 1 is 0.717 bits per heavy atom. The summed E-state index contributed by atoms with van der Waals surface area (Å²) in [7, 11) is -5.24. The number of carbonyl (C=O) groups is 2. The van der Waals surface area contributed by atoms with Gasteiger partial charge in [-0.3, -0.25) is 4.79 Å². The molecule has 14 heteroatoms. The Morgan fingerprint density at radius 2 is 1.20 bits per heavy atom. The highest BCUT2D eigenvalue weighted by molar-refractivity contribution is 6.61. The molecule has 0 aliphatic heterocycles. The quantitative estimate of drug-likeness (QED) is 0.0773. The first-order valence-electron chi connectivity index (χ1n) is 16.1. The number of ether oxygens (including phenoxy) is 1. The second-order valence-corrected chi connectivity index (χ2v) is 15.1. The lowest BCUT2D eigenvalue weighted by Gasteiger charge is -2.28. The fourth-order valence-corrected chi connectivity index (χ4v) is 9.73. The Balaban J connectivity index is 0.000000533. The van der Waals surface area contributed by atoms with Crippen LogP contribution in [0.3, 0.4) is 0 Å². The zero-order valence-corrected chi connectivity index (χ0v) is 30.3. The van der Waals surface area contributed by atoms with Crippen LogP contribution in [0.2, 0.25) is 12.1 Å². The van der Waals surface area contributed by atoms with Crippen LogP contribution in [0, 0.1) is 0 Å². The van der Waals surface area contributed by atoms with E-state index in [1.54, 1.807) is 36.4 Å². The molecule has 2 rings (SSSR count). The predicted molar refractivity (Wildman–Crippen MR) is 181 cm³/mol. The summed E-state index contributed by atoms with van der Waals surface area (Å²) in [5.41, 5.74) is 5.76. The third-order valence-electron chi connectivity index (χ3n) is 6.29. The minimum atomic E-state index is -2.68. The van der Waals surface area contributed by atoms with Crippen molar-refractivity contribution in [3.05, 3.63) is 59.7 Å². The monoisotopic (exact) mass is 682 g/mol. The van der Waals surface area contributed by atoms with Crippen LogP contribution < -0.4 is 15.8 Å². The van der Waals surface area contributed by atoms with Gasteiger partial charge in [0.1, 0.15) is 11.5 Å². The number of nitrogens with one attached hydrogen (secondary N) is 1. The molecule has 0 spiro atoms. The molecule has 0 saturated heterocycles. The summed E-state index contributed by atoms with van der Waals surface area (Å²) in [6.45, 7) is 15.8. The van der Waals surface area contributed by atoms with Gasteiger partial charge < -0.3 is 47.4 Å². The maximum Gasteiger partial charge on any atom is 0.501 e. The van der Waals surface area contributed by atoms with E-state index in [4.69, 9.17) is 37.0 Å². The summed E-state index contributed by atoms with van der Waals surface area (Å²) in [4.78, 5) is 23.0. The number of amides is 2. The Morgan fingerprint density at radius 3 is 1.63 bits per heavy atom. The van der Waals surface area contributed by atoms with Crippen LogP contribution in [0.4, 0.5) is 4.79 Å². The summed E-state index contributed by atoms with van der Waals surface area (Å²) >= 11 is 0. The van der Waals surface area contributed by atoms with E-state index in [0.29, 0.717) is 82.6 Å². The lowest BCUT2D eigenvalue weighted by molar-refractivity contribution is 0.0693. The van der Waals surface area contributed by atoms with Crippen LogP contribution >= 0.6 is 0 Å². The highest BCUT2D eigenvalue weighted by Gasteiger charge is 2.40. The molecule has 2 aromatic rings. The molecule has 2 aromatic carbocycles. The van der Waals surface area contributed by atoms with Crippen molar-refractivity contribution >= 4 is 29.4 Å². The number of phenols is 1. The Labute approximate surface area is 276 Å². The zero-order valence-electron chi connectivity index (χ0n) is 28.3. The molecular weight excluding hydrogens is 629 g/mol. The van der Waals surface area contributed by atoms with Crippen molar-refractivity contribution in [1.29, 1.82) is 0 Å². The molecule has 0 bridgehead atoms. The van der Waals surface area contributed by atoms with Crippen LogP contribution in [-0.2, 0) is 26.6 Å². The highest BCUT2D eigenvalue weighted by atomic mass is 28.4. The second-order valence-electron chi connectivity index (χ2n) is 9.68. The van der Waals surface area contributed by atoms with Crippen molar-refractivity contribution in [1.82, 2.24) is 5.32 Å². The number of benzene rings is 2. The summed E-state index contributed by atoms with van der Waals surface area (Å²) in [6.07, 6.45) is 1.42. The molecule has 0 unspecified atom stereocenters. The molecule has 4 N–H and O–H groups in total. The van der Waals surface area contributed by atoms with Crippen molar-refractivity contribution in [2.75, 3.05) is 52.8 Å². The van der Waals surface area contributed by atoms with Crippen LogP contribution in [-0.4, -0.2) is 87.3 Å². The van der Waals surface area contributed by atoms with Crippen LogP contribution in [0.25, 0.3) is 0 Å². The number of primary amides is 1. The molecule has 260 valence electrons. The fraction of sp³-hybridized carbons (Fsp3) is 0.562. The van der Waals surface area contributed by atoms with Gasteiger partial charge in [-0.1, -0.05) is 30.3 Å². The highest BCUT2D eigenvalue weighted by Crippen LogP contribution is 2.27. The van der Waals surface area contributed by atoms with Crippen molar-refractivity contribution in [2.45, 2.75) is 66.5 Å². The van der Waals surface area contributed by atoms with E-state index in [1.165, 1.54) is 6.07 Å². The molecule has 0 radical (unpaired) electrons. The van der Waals surface area contributed by atoms with Gasteiger partial charge in [0.25, 0.3) is 0 Å². The van der Waals surface area contributed by atoms with Gasteiger partial charge in [0.05, 0.1) is 12.2 Å². The van der Waals surface area contributed by atoms with E-state index in [2.05, 4.69) is 5.32 Å². The van der Waals surface area contributed by atoms with Gasteiger partial charge in [0.15, 0.2) is 5.78 Å². The maximum atomic E-state index is 12.5. The van der Waals surface area contributed by atoms with Gasteiger partial charge in [-0.15, -0.1) is 0 Å². The normalized spacial score (nSPS) is 11.4. The van der Waals surface area contributed by atoms with E-state index in [0.717, 1.165) is 6.42 Å². The number of rotatable bonds is 23. The number of urea groups is 1. The molecule has 0 atom stereocenters. The second kappa shape index (κ2) is 23.5. The number of phenolic OH excluding ortho intramolecular Hbond substituents is 1. The third kappa shape index (κ3) is 15.2. The molecular formula is C32H54N2O10Si2. The number of nitrogens with two attached hydrogens (primary N) is 1. The van der Waals surface area contributed by atoms with Gasteiger partial charge >= 0.3 is 23.6 Å². The van der Waals surface area contributed by atoms with Gasteiger partial charge in [0.2, 0.25) is 0 Å². The number of ketones is 1. The van der Waals surface area contributed by atoms with Crippen LogP contribution in [0.1, 0.15) is 70.3 Å². The Hall–Kier alpha value is -2.83. The number of aromatic hydroxyl groups is 1. The summed E-state index contributed by atoms with van der Waals surface area (Å²) < 4.78 is 40.2. The number of carbonyl (C=O) groups excluding carboxylic acids is 2. The third-order valence-corrected chi connectivity index (χ3v) is 12.6. The lowest BCUT2D eigenvalue weighted by atomic mass is 10.0. The minimum absolute atomic E-state index is 0.0991. The average Bonchev–Trinajstić information content (AvgIpc) is 3.03. The van der Waals surface area contributed by atoms with Crippen molar-refractivity contribution in [3.8, 4) is 11.5 Å². The molecule has 0 saturated carbocycles. The standard InChI is InChI=1S/C22H30O6Si.C10H24N2O4Si/c1-4-26-29(27-5-2,28-6-3)16-10-15-25-19-13-14-20(21(23)17-19)22(24)18-11-8-7-9-12-18;1-4-14-17(15-5-2,16-6-3)9-7-8-12-10(11)13/h7-9,11-14,17,23H,4-6,10,15-16H2,1-3H3;4-9H2,1-3H3,(H3,11,12,13). The lowest BCUT2D eigenvalue weighted by Crippen LogP contribution is -2.46. The summed E-state index contributed by atoms with van der Waals surface area (Å²) in [6, 6.07) is 14.4. The van der Waals surface area contributed by atoms with E-state index < -0.39 is 23.6 Å². The predicted octanol–water partition coefficient (Wildman–Crippen LogP) is 5.53. The van der Waals surface area contributed by atoms with Crippen molar-refractivity contribution in [3.63, 3.8) is 0 Å². The smallest absolute Gasteiger partial charge is 0.501 e. The SMILES string of the molecule is CCO[Si](CCCNC(N)=O)(OCC)OCC.CCO[Si](CCCOc1ccc(C(=O)c2ccccc2)c(O)c1)(OCC)OCC. The van der Waals surface area contributed by atoms with E-state index in [1.807, 2.05) is 47.6 Å². The Kier molecular flexibility index (Phi) is 21.0. The maximum absolute atomic E-state index is 12.5. The van der Waals surface area contributed by atoms with Crippen LogP contribution in [0.5, 0.6) is 11.5 Å². The van der Waals surface area contributed by atoms with Gasteiger partial charge in [-0.05, 0) is 66.5 Å². The van der Waals surface area contributed by atoms with E-state index >= 15 is 0 Å². The van der Waals surface area contributed by atoms with E-state index in [-0.39, 0.29) is 17.1 Å². The van der Waals surface area contributed by atoms with Gasteiger partial charge in [0, 0.05) is 69.9 Å². The molecule has 0 fully saturated rings. The Bertz CT molecular complexity index is 1090. The summed E-state index contributed by atoms with van der Waals surface area (Å²) in [5.74, 6) is 0.178. The zero-order chi connectivity index (χ0) is 34.3. The fourth-order valence-electron chi connectivity index (χ4n) is 4.54. The topological polar surface area (TPSA) is 157 Å². The molecule has 0 aliphatic carbocycles. The molecule has 0 heterocycles. The van der Waals surface area contributed by atoms with E-state index in [9.17, 15) is 14.7 Å². The average molecular weight is 683 g/mol. The minimum Gasteiger partial charge on any atom is -0.507 e. The summed E-state index contributed by atoms with van der Waals surface area (Å²) in [5, 5.41) is 12.8. The first-order chi connectivity index (χ1) is 22.1. The number of hydrogen-bond donors (Lipinski definition) is 3. The van der Waals surface area contributed by atoms with Crippen molar-refractivity contribution < 1.29 is 46.0 Å². The molecule has 2 amide bonds. The molecule has 0 aromatic heterocycles. The van der Waals surface area contributed by atoms with Gasteiger partial charge in [-0.2, -0.15) is 0 Å². The largest absolute Gasteiger partial charge is 0.507 e. The molecule has 46 heavy (non-hydrogen) atoms. The van der Waals surface area contributed by atoms with Gasteiger partial charge in [-0.25, -0.2) is 4.79 Å². The first-order valence-corrected chi connectivity index (χ1v) is 19.9. The molecule has 12 nitrogen and oxygen atoms in total.